The Bertz CT molecular complexity index is 224. The molecule has 0 aromatic carbocycles. The Morgan fingerprint density at radius 2 is 1.00 bits per heavy atom. The topological polar surface area (TPSA) is 127 Å². The summed E-state index contributed by atoms with van der Waals surface area (Å²) in [5.41, 5.74) is 0. The number of rotatable bonds is 13. The minimum atomic E-state index is -0.740. The van der Waals surface area contributed by atoms with Crippen LogP contribution in [-0.2, 0) is 9.59 Å². The number of unbranched alkanes of at least 4 members (excludes halogenated alkanes) is 5. The summed E-state index contributed by atoms with van der Waals surface area (Å²) in [5, 5.41) is 35.8. The molecule has 0 aliphatic heterocycles. The molecule has 0 aliphatic rings. The summed E-state index contributed by atoms with van der Waals surface area (Å²) in [7, 11) is 0. The van der Waals surface area contributed by atoms with Gasteiger partial charge < -0.3 is 25.7 Å². The summed E-state index contributed by atoms with van der Waals surface area (Å²) >= 11 is 0. The lowest BCUT2D eigenvalue weighted by atomic mass is 10.1. The van der Waals surface area contributed by atoms with E-state index in [9.17, 15) is 9.59 Å². The molecule has 0 unspecified atom stereocenters. The molecule has 5 N–H and O–H groups in total. The minimum absolute atomic E-state index is 0.139. The van der Waals surface area contributed by atoms with Crippen molar-refractivity contribution < 1.29 is 30.0 Å². The van der Waals surface area contributed by atoms with Gasteiger partial charge in [0.15, 0.2) is 0 Å². The van der Waals surface area contributed by atoms with Gasteiger partial charge in [0.05, 0.1) is 13.2 Å². The van der Waals surface area contributed by atoms with Crippen LogP contribution in [0, 0.1) is 0 Å². The average Bonchev–Trinajstić information content (AvgIpc) is 2.42. The van der Waals surface area contributed by atoms with Crippen LogP contribution in [0.15, 0.2) is 0 Å². The molecule has 0 saturated heterocycles. The first-order chi connectivity index (χ1) is 10.0. The van der Waals surface area contributed by atoms with Crippen LogP contribution in [0.4, 0.5) is 0 Å². The van der Waals surface area contributed by atoms with Crippen LogP contribution in [-0.4, -0.2) is 58.7 Å². The van der Waals surface area contributed by atoms with Crippen LogP contribution in [0.3, 0.4) is 0 Å². The van der Waals surface area contributed by atoms with Crippen LogP contribution in [0.5, 0.6) is 0 Å². The third-order valence-electron chi connectivity index (χ3n) is 2.61. The van der Waals surface area contributed by atoms with Crippen LogP contribution in [0.1, 0.15) is 51.4 Å². The third kappa shape index (κ3) is 27.9. The van der Waals surface area contributed by atoms with Gasteiger partial charge in [-0.1, -0.05) is 25.7 Å². The predicted molar refractivity (Wildman–Crippen MR) is 79.2 cm³/mol. The molecule has 0 aliphatic carbocycles. The number of aliphatic hydroxyl groups is 2. The Hall–Kier alpha value is -1.18. The molecule has 0 rings (SSSR count). The number of carbonyl (C=O) groups is 2. The Morgan fingerprint density at radius 3 is 1.29 bits per heavy atom. The average molecular weight is 307 g/mol. The zero-order valence-corrected chi connectivity index (χ0v) is 12.6. The maximum absolute atomic E-state index is 10.1. The van der Waals surface area contributed by atoms with E-state index < -0.39 is 11.9 Å². The third-order valence-corrected chi connectivity index (χ3v) is 2.61. The number of carboxylic acids is 2. The number of hydrogen-bond acceptors (Lipinski definition) is 5. The molecule has 0 heterocycles. The van der Waals surface area contributed by atoms with E-state index in [4.69, 9.17) is 20.4 Å². The molecule has 0 radical (unpaired) electrons. The Labute approximate surface area is 126 Å². The number of aliphatic carboxylic acids is 2. The van der Waals surface area contributed by atoms with Crippen molar-refractivity contribution in [3.05, 3.63) is 0 Å². The SMILES string of the molecule is O=C(O)CCCCCCCCC(=O)O.OCCNCCO. The molecular formula is C14H29NO6. The minimum Gasteiger partial charge on any atom is -0.481 e. The highest BCUT2D eigenvalue weighted by Gasteiger charge is 1.98. The smallest absolute Gasteiger partial charge is 0.303 e. The van der Waals surface area contributed by atoms with Gasteiger partial charge in [0.1, 0.15) is 0 Å². The molecule has 21 heavy (non-hydrogen) atoms. The number of hydrogen-bond donors (Lipinski definition) is 5. The zero-order valence-electron chi connectivity index (χ0n) is 12.6. The highest BCUT2D eigenvalue weighted by Crippen LogP contribution is 2.08. The van der Waals surface area contributed by atoms with Crippen LogP contribution in [0.25, 0.3) is 0 Å². The van der Waals surface area contributed by atoms with Crippen molar-refractivity contribution in [2.45, 2.75) is 51.4 Å². The van der Waals surface area contributed by atoms with Crippen molar-refractivity contribution in [1.29, 1.82) is 0 Å². The van der Waals surface area contributed by atoms with Gasteiger partial charge in [0, 0.05) is 25.9 Å². The standard InChI is InChI=1S/C10H18O4.C4H11NO2/c11-9(12)7-5-3-1-2-4-6-8-10(13)14;6-3-1-5-2-4-7/h1-8H2,(H,11,12)(H,13,14);5-7H,1-4H2. The molecule has 0 amide bonds. The molecule has 0 aromatic rings. The first kappa shape index (κ1) is 22.1. The summed E-state index contributed by atoms with van der Waals surface area (Å²) < 4.78 is 0. The number of carboxylic acid groups (broad SMARTS) is 2. The molecule has 7 nitrogen and oxygen atoms in total. The van der Waals surface area contributed by atoms with Gasteiger partial charge in [0.25, 0.3) is 0 Å². The van der Waals surface area contributed by atoms with Crippen molar-refractivity contribution in [3.63, 3.8) is 0 Å². The fourth-order valence-corrected chi connectivity index (χ4v) is 1.54. The van der Waals surface area contributed by atoms with Gasteiger partial charge in [-0.25, -0.2) is 0 Å². The quantitative estimate of drug-likeness (QED) is 0.319. The van der Waals surface area contributed by atoms with E-state index >= 15 is 0 Å². The summed E-state index contributed by atoms with van der Waals surface area (Å²) in [6.07, 6.45) is 5.82. The Balaban J connectivity index is 0. The van der Waals surface area contributed by atoms with E-state index in [1.807, 2.05) is 0 Å². The predicted octanol–water partition coefficient (Wildman–Crippen LogP) is 0.837. The van der Waals surface area contributed by atoms with Crippen molar-refractivity contribution in [2.75, 3.05) is 26.3 Å². The first-order valence-electron chi connectivity index (χ1n) is 7.40. The highest BCUT2D eigenvalue weighted by molar-refractivity contribution is 5.66. The normalized spacial score (nSPS) is 9.81. The van der Waals surface area contributed by atoms with Gasteiger partial charge in [-0.2, -0.15) is 0 Å². The van der Waals surface area contributed by atoms with E-state index in [0.29, 0.717) is 13.1 Å². The van der Waals surface area contributed by atoms with E-state index in [2.05, 4.69) is 5.32 Å². The van der Waals surface area contributed by atoms with Crippen LogP contribution in [0.2, 0.25) is 0 Å². The monoisotopic (exact) mass is 307 g/mol. The van der Waals surface area contributed by atoms with Crippen molar-refractivity contribution in [2.24, 2.45) is 0 Å². The van der Waals surface area contributed by atoms with Crippen LogP contribution >= 0.6 is 0 Å². The van der Waals surface area contributed by atoms with Crippen molar-refractivity contribution >= 4 is 11.9 Å². The van der Waals surface area contributed by atoms with E-state index in [1.54, 1.807) is 0 Å². The fraction of sp³-hybridized carbons (Fsp3) is 0.857. The lowest BCUT2D eigenvalue weighted by Gasteiger charge is -1.98. The van der Waals surface area contributed by atoms with Crippen molar-refractivity contribution in [1.82, 2.24) is 5.32 Å². The first-order valence-corrected chi connectivity index (χ1v) is 7.40. The molecule has 0 spiro atoms. The van der Waals surface area contributed by atoms with Gasteiger partial charge in [-0.15, -0.1) is 0 Å². The molecular weight excluding hydrogens is 278 g/mol. The fourth-order valence-electron chi connectivity index (χ4n) is 1.54. The summed E-state index contributed by atoms with van der Waals surface area (Å²) in [5.74, 6) is -1.48. The van der Waals surface area contributed by atoms with E-state index in [0.717, 1.165) is 38.5 Å². The zero-order chi connectivity index (χ0) is 16.3. The molecule has 0 bridgehead atoms. The second-order valence-electron chi connectivity index (χ2n) is 4.61. The molecule has 0 saturated carbocycles. The molecule has 7 heteroatoms. The number of nitrogens with one attached hydrogen (secondary N) is 1. The molecule has 126 valence electrons. The maximum atomic E-state index is 10.1. The Kier molecular flexibility index (Phi) is 19.8. The maximum Gasteiger partial charge on any atom is 0.303 e. The largest absolute Gasteiger partial charge is 0.481 e. The van der Waals surface area contributed by atoms with E-state index in [-0.39, 0.29) is 26.1 Å². The lowest BCUT2D eigenvalue weighted by molar-refractivity contribution is -0.138. The summed E-state index contributed by atoms with van der Waals surface area (Å²) in [6, 6.07) is 0. The second kappa shape index (κ2) is 18.8. The van der Waals surface area contributed by atoms with Gasteiger partial charge in [0.2, 0.25) is 0 Å². The van der Waals surface area contributed by atoms with Gasteiger partial charge >= 0.3 is 11.9 Å². The van der Waals surface area contributed by atoms with Crippen molar-refractivity contribution in [3.8, 4) is 0 Å². The van der Waals surface area contributed by atoms with Gasteiger partial charge in [-0.05, 0) is 12.8 Å². The Morgan fingerprint density at radius 1 is 0.667 bits per heavy atom. The van der Waals surface area contributed by atoms with Crippen LogP contribution < -0.4 is 5.32 Å². The van der Waals surface area contributed by atoms with E-state index in [1.165, 1.54) is 0 Å². The molecule has 0 fully saturated rings. The van der Waals surface area contributed by atoms with Gasteiger partial charge in [-0.3, -0.25) is 9.59 Å². The number of aliphatic hydroxyl groups excluding tert-OH is 2. The lowest BCUT2D eigenvalue weighted by Crippen LogP contribution is -2.21. The highest BCUT2D eigenvalue weighted by atomic mass is 16.4. The summed E-state index contributed by atoms with van der Waals surface area (Å²) in [4.78, 5) is 20.3. The molecule has 0 aromatic heterocycles. The molecule has 0 atom stereocenters. The second-order valence-corrected chi connectivity index (χ2v) is 4.61. The summed E-state index contributed by atoms with van der Waals surface area (Å²) in [6.45, 7) is 1.42.